The van der Waals surface area contributed by atoms with Gasteiger partial charge in [0.1, 0.15) is 0 Å². The van der Waals surface area contributed by atoms with Gasteiger partial charge in [0, 0.05) is 5.33 Å². The fraction of sp³-hybridized carbons (Fsp3) is 0.100. The van der Waals surface area contributed by atoms with E-state index >= 15 is 0 Å². The molecule has 0 aromatic heterocycles. The summed E-state index contributed by atoms with van der Waals surface area (Å²) in [5, 5.41) is 9.74. The van der Waals surface area contributed by atoms with E-state index in [2.05, 4.69) is 15.9 Å². The van der Waals surface area contributed by atoms with Crippen LogP contribution in [0.4, 0.5) is 0 Å². The predicted molar refractivity (Wildman–Crippen MR) is 61.2 cm³/mol. The fourth-order valence-electron chi connectivity index (χ4n) is 0.989. The largest absolute Gasteiger partial charge is 0.478 e. The highest BCUT2D eigenvalue weighted by atomic mass is 79.9. The average molecular weight is 276 g/mol. The van der Waals surface area contributed by atoms with E-state index in [0.29, 0.717) is 0 Å². The van der Waals surface area contributed by atoms with Crippen LogP contribution in [0, 0.1) is 0 Å². The van der Waals surface area contributed by atoms with Crippen molar-refractivity contribution in [2.24, 2.45) is 0 Å². The molecule has 0 aliphatic rings. The molecule has 0 aliphatic carbocycles. The number of hydrogen-bond donors (Lipinski definition) is 1. The molecule has 0 aliphatic heterocycles. The molecule has 0 bridgehead atoms. The van der Waals surface area contributed by atoms with Crippen LogP contribution in [0.15, 0.2) is 24.3 Å². The summed E-state index contributed by atoms with van der Waals surface area (Å²) in [6.07, 6.45) is 3.78. The maximum absolute atomic E-state index is 10.6. The topological polar surface area (TPSA) is 37.3 Å². The summed E-state index contributed by atoms with van der Waals surface area (Å²) in [5.41, 5.74) is 1.02. The van der Waals surface area contributed by atoms with E-state index in [1.807, 2.05) is 12.2 Å². The molecular weight excluding hydrogens is 267 g/mol. The molecule has 2 nitrogen and oxygen atoms in total. The highest BCUT2D eigenvalue weighted by Crippen LogP contribution is 2.18. The monoisotopic (exact) mass is 274 g/mol. The van der Waals surface area contributed by atoms with E-state index in [1.165, 1.54) is 6.07 Å². The quantitative estimate of drug-likeness (QED) is 0.858. The Labute approximate surface area is 95.3 Å². The molecule has 0 spiro atoms. The maximum Gasteiger partial charge on any atom is 0.337 e. The number of hydrogen-bond acceptors (Lipinski definition) is 1. The minimum absolute atomic E-state index is 0.127. The van der Waals surface area contributed by atoms with Crippen molar-refractivity contribution < 1.29 is 9.90 Å². The van der Waals surface area contributed by atoms with Crippen LogP contribution in [0.2, 0.25) is 5.02 Å². The van der Waals surface area contributed by atoms with Crippen molar-refractivity contribution in [2.45, 2.75) is 0 Å². The van der Waals surface area contributed by atoms with Gasteiger partial charge in [-0.05, 0) is 17.7 Å². The number of carbonyl (C=O) groups is 1. The number of rotatable bonds is 3. The van der Waals surface area contributed by atoms with Crippen LogP contribution in [0.3, 0.4) is 0 Å². The van der Waals surface area contributed by atoms with E-state index in [0.717, 1.165) is 10.9 Å². The molecule has 1 aromatic carbocycles. The number of carboxylic acid groups (broad SMARTS) is 1. The standard InChI is InChI=1S/C10H8BrClO2/c11-5-1-2-7-3-4-8(10(13)14)9(12)6-7/h1-4,6H,5H2,(H,13,14). The molecule has 1 N–H and O–H groups in total. The van der Waals surface area contributed by atoms with E-state index in [9.17, 15) is 4.79 Å². The summed E-state index contributed by atoms with van der Waals surface area (Å²) in [7, 11) is 0. The molecule has 0 radical (unpaired) electrons. The Morgan fingerprint density at radius 3 is 2.79 bits per heavy atom. The van der Waals surface area contributed by atoms with Gasteiger partial charge in [-0.15, -0.1) is 0 Å². The summed E-state index contributed by atoms with van der Waals surface area (Å²) in [4.78, 5) is 10.6. The van der Waals surface area contributed by atoms with Crippen molar-refractivity contribution in [3.05, 3.63) is 40.4 Å². The molecule has 0 heterocycles. The van der Waals surface area contributed by atoms with Crippen molar-refractivity contribution in [3.63, 3.8) is 0 Å². The van der Waals surface area contributed by atoms with Crippen molar-refractivity contribution in [2.75, 3.05) is 5.33 Å². The van der Waals surface area contributed by atoms with Crippen molar-refractivity contribution >= 4 is 39.6 Å². The van der Waals surface area contributed by atoms with Gasteiger partial charge in [-0.3, -0.25) is 0 Å². The van der Waals surface area contributed by atoms with E-state index < -0.39 is 5.97 Å². The average Bonchev–Trinajstić information content (AvgIpc) is 2.14. The first kappa shape index (κ1) is 11.3. The van der Waals surface area contributed by atoms with Gasteiger partial charge in [-0.1, -0.05) is 45.7 Å². The Hall–Kier alpha value is -0.800. The first-order chi connectivity index (χ1) is 6.65. The van der Waals surface area contributed by atoms with Gasteiger partial charge >= 0.3 is 5.97 Å². The first-order valence-electron chi connectivity index (χ1n) is 3.90. The van der Waals surface area contributed by atoms with Crippen LogP contribution in [-0.4, -0.2) is 16.4 Å². The van der Waals surface area contributed by atoms with Gasteiger partial charge in [-0.25, -0.2) is 4.79 Å². The van der Waals surface area contributed by atoms with Crippen LogP contribution < -0.4 is 0 Å². The van der Waals surface area contributed by atoms with Crippen LogP contribution in [0.25, 0.3) is 6.08 Å². The zero-order valence-electron chi connectivity index (χ0n) is 7.21. The highest BCUT2D eigenvalue weighted by Gasteiger charge is 2.07. The molecule has 14 heavy (non-hydrogen) atoms. The molecule has 1 rings (SSSR count). The first-order valence-corrected chi connectivity index (χ1v) is 5.40. The number of alkyl halides is 1. The predicted octanol–water partition coefficient (Wildman–Crippen LogP) is 3.45. The molecule has 1 aromatic rings. The minimum atomic E-state index is -1.01. The summed E-state index contributed by atoms with van der Waals surface area (Å²) in [5.74, 6) is -1.01. The Morgan fingerprint density at radius 1 is 1.57 bits per heavy atom. The second-order valence-electron chi connectivity index (χ2n) is 2.60. The van der Waals surface area contributed by atoms with Crippen molar-refractivity contribution in [1.82, 2.24) is 0 Å². The molecular formula is C10H8BrClO2. The van der Waals surface area contributed by atoms with Gasteiger partial charge < -0.3 is 5.11 Å². The number of halogens is 2. The molecule has 4 heteroatoms. The lowest BCUT2D eigenvalue weighted by molar-refractivity contribution is 0.0697. The third-order valence-corrected chi connectivity index (χ3v) is 2.31. The Balaban J connectivity index is 3.00. The lowest BCUT2D eigenvalue weighted by Gasteiger charge is -1.99. The third-order valence-electron chi connectivity index (χ3n) is 1.62. The molecule has 0 fully saturated rings. The molecule has 0 amide bonds. The van der Waals surface area contributed by atoms with Crippen molar-refractivity contribution in [1.29, 1.82) is 0 Å². The summed E-state index contributed by atoms with van der Waals surface area (Å²) >= 11 is 9.03. The SMILES string of the molecule is O=C(O)c1ccc(C=CCBr)cc1Cl. The van der Waals surface area contributed by atoms with Crippen LogP contribution in [-0.2, 0) is 0 Å². The van der Waals surface area contributed by atoms with Crippen LogP contribution >= 0.6 is 27.5 Å². The molecule has 0 saturated heterocycles. The Kier molecular flexibility index (Phi) is 4.17. The lowest BCUT2D eigenvalue weighted by Crippen LogP contribution is -1.96. The summed E-state index contributed by atoms with van der Waals surface area (Å²) in [6, 6.07) is 4.84. The molecule has 74 valence electrons. The van der Waals surface area contributed by atoms with E-state index in [1.54, 1.807) is 12.1 Å². The minimum Gasteiger partial charge on any atom is -0.478 e. The summed E-state index contributed by atoms with van der Waals surface area (Å²) < 4.78 is 0. The normalized spacial score (nSPS) is 10.7. The maximum atomic E-state index is 10.6. The van der Waals surface area contributed by atoms with Gasteiger partial charge in [0.05, 0.1) is 10.6 Å². The van der Waals surface area contributed by atoms with Gasteiger partial charge in [0.2, 0.25) is 0 Å². The molecule has 0 saturated carbocycles. The molecule has 0 unspecified atom stereocenters. The number of aromatic carboxylic acids is 1. The highest BCUT2D eigenvalue weighted by molar-refractivity contribution is 9.09. The Morgan fingerprint density at radius 2 is 2.29 bits per heavy atom. The third kappa shape index (κ3) is 2.86. The van der Waals surface area contributed by atoms with E-state index in [4.69, 9.17) is 16.7 Å². The molecule has 0 atom stereocenters. The van der Waals surface area contributed by atoms with Gasteiger partial charge in [0.15, 0.2) is 0 Å². The lowest BCUT2D eigenvalue weighted by atomic mass is 10.1. The Bertz CT molecular complexity index is 374. The van der Waals surface area contributed by atoms with Crippen LogP contribution in [0.5, 0.6) is 0 Å². The van der Waals surface area contributed by atoms with Crippen molar-refractivity contribution in [3.8, 4) is 0 Å². The smallest absolute Gasteiger partial charge is 0.337 e. The number of benzene rings is 1. The van der Waals surface area contributed by atoms with Gasteiger partial charge in [-0.2, -0.15) is 0 Å². The number of allylic oxidation sites excluding steroid dienone is 1. The van der Waals surface area contributed by atoms with Crippen LogP contribution in [0.1, 0.15) is 15.9 Å². The zero-order valence-corrected chi connectivity index (χ0v) is 9.55. The van der Waals surface area contributed by atoms with E-state index in [-0.39, 0.29) is 10.6 Å². The zero-order chi connectivity index (χ0) is 10.6. The van der Waals surface area contributed by atoms with Gasteiger partial charge in [0.25, 0.3) is 0 Å². The summed E-state index contributed by atoms with van der Waals surface area (Å²) in [6.45, 7) is 0. The number of carboxylic acids is 1. The fourth-order valence-corrected chi connectivity index (χ4v) is 1.45. The second-order valence-corrected chi connectivity index (χ2v) is 3.66. The second kappa shape index (κ2) is 5.17.